The summed E-state index contributed by atoms with van der Waals surface area (Å²) in [6.07, 6.45) is 0. The van der Waals surface area contributed by atoms with Crippen LogP contribution in [0.15, 0.2) is 108 Å². The molecule has 4 aromatic rings. The molecule has 0 atom stereocenters. The van der Waals surface area contributed by atoms with E-state index in [1.807, 2.05) is 66.7 Å². The van der Waals surface area contributed by atoms with E-state index in [2.05, 4.69) is 34.7 Å². The fourth-order valence-electron chi connectivity index (χ4n) is 3.52. The van der Waals surface area contributed by atoms with E-state index in [1.54, 1.807) is 0 Å². The van der Waals surface area contributed by atoms with Crippen LogP contribution >= 0.6 is 0 Å². The molecule has 0 aliphatic rings. The standard InChI is InChI=1S/C26H23N3O2/c30-25-17-16-24(28-29(25)19-20-10-4-1-5-11-20)26(31)27-18-23(21-12-6-2-7-13-21)22-14-8-3-9-15-22/h1-17,23H,18-19H2,(H,27,31). The molecule has 5 heteroatoms. The summed E-state index contributed by atoms with van der Waals surface area (Å²) in [5, 5.41) is 7.27. The number of carbonyl (C=O) groups excluding carboxylic acids is 1. The largest absolute Gasteiger partial charge is 0.350 e. The minimum Gasteiger partial charge on any atom is -0.350 e. The molecule has 0 aliphatic carbocycles. The minimum absolute atomic E-state index is 0.0153. The van der Waals surface area contributed by atoms with Crippen molar-refractivity contribution in [1.29, 1.82) is 0 Å². The number of hydrogen-bond acceptors (Lipinski definition) is 3. The summed E-state index contributed by atoms with van der Waals surface area (Å²) in [6, 6.07) is 32.6. The number of carbonyl (C=O) groups is 1. The molecule has 1 aromatic heterocycles. The second-order valence-corrected chi connectivity index (χ2v) is 7.28. The van der Waals surface area contributed by atoms with Crippen LogP contribution in [0, 0.1) is 0 Å². The number of nitrogens with zero attached hydrogens (tertiary/aromatic N) is 2. The van der Waals surface area contributed by atoms with Crippen LogP contribution in [-0.4, -0.2) is 22.2 Å². The SMILES string of the molecule is O=C(NCC(c1ccccc1)c1ccccc1)c1ccc(=O)n(Cc2ccccc2)n1. The Bertz CT molecular complexity index is 1150. The topological polar surface area (TPSA) is 64.0 Å². The first-order valence-corrected chi connectivity index (χ1v) is 10.2. The quantitative estimate of drug-likeness (QED) is 0.504. The van der Waals surface area contributed by atoms with E-state index in [9.17, 15) is 9.59 Å². The minimum atomic E-state index is -0.307. The van der Waals surface area contributed by atoms with E-state index < -0.39 is 0 Å². The van der Waals surface area contributed by atoms with Gasteiger partial charge in [-0.15, -0.1) is 0 Å². The molecule has 1 heterocycles. The lowest BCUT2D eigenvalue weighted by Gasteiger charge is -2.19. The van der Waals surface area contributed by atoms with Gasteiger partial charge < -0.3 is 5.32 Å². The third-order valence-electron chi connectivity index (χ3n) is 5.15. The van der Waals surface area contributed by atoms with Gasteiger partial charge in [0.25, 0.3) is 11.5 Å². The molecule has 31 heavy (non-hydrogen) atoms. The van der Waals surface area contributed by atoms with E-state index in [-0.39, 0.29) is 23.1 Å². The Kier molecular flexibility index (Phi) is 6.33. The molecule has 0 saturated heterocycles. The first-order valence-electron chi connectivity index (χ1n) is 10.2. The van der Waals surface area contributed by atoms with Crippen molar-refractivity contribution in [3.05, 3.63) is 136 Å². The number of rotatable bonds is 7. The summed E-state index contributed by atoms with van der Waals surface area (Å²) in [6.45, 7) is 0.740. The third kappa shape index (κ3) is 5.14. The van der Waals surface area contributed by atoms with Crippen LogP contribution in [0.5, 0.6) is 0 Å². The van der Waals surface area contributed by atoms with E-state index in [4.69, 9.17) is 0 Å². The predicted octanol–water partition coefficient (Wildman–Crippen LogP) is 3.85. The Morgan fingerprint density at radius 3 is 1.90 bits per heavy atom. The summed E-state index contributed by atoms with van der Waals surface area (Å²) in [7, 11) is 0. The average Bonchev–Trinajstić information content (AvgIpc) is 2.82. The van der Waals surface area contributed by atoms with Gasteiger partial charge in [-0.2, -0.15) is 5.10 Å². The Morgan fingerprint density at radius 2 is 1.32 bits per heavy atom. The maximum Gasteiger partial charge on any atom is 0.271 e. The van der Waals surface area contributed by atoms with Crippen LogP contribution in [0.2, 0.25) is 0 Å². The second kappa shape index (κ2) is 9.67. The molecular formula is C26H23N3O2. The van der Waals surface area contributed by atoms with Gasteiger partial charge in [-0.1, -0.05) is 91.0 Å². The van der Waals surface area contributed by atoms with Crippen LogP contribution in [0.3, 0.4) is 0 Å². The average molecular weight is 409 g/mol. The molecule has 1 N–H and O–H groups in total. The highest BCUT2D eigenvalue weighted by Gasteiger charge is 2.17. The van der Waals surface area contributed by atoms with Crippen molar-refractivity contribution in [2.75, 3.05) is 6.54 Å². The number of nitrogens with one attached hydrogen (secondary N) is 1. The van der Waals surface area contributed by atoms with Gasteiger partial charge in [0, 0.05) is 18.5 Å². The summed E-state index contributed by atoms with van der Waals surface area (Å²) < 4.78 is 1.32. The smallest absolute Gasteiger partial charge is 0.271 e. The number of hydrogen-bond donors (Lipinski definition) is 1. The zero-order valence-corrected chi connectivity index (χ0v) is 17.0. The van der Waals surface area contributed by atoms with Crippen molar-refractivity contribution in [2.45, 2.75) is 12.5 Å². The molecule has 154 valence electrons. The van der Waals surface area contributed by atoms with Crippen molar-refractivity contribution in [2.24, 2.45) is 0 Å². The first-order chi connectivity index (χ1) is 15.2. The van der Waals surface area contributed by atoms with Gasteiger partial charge in [-0.25, -0.2) is 4.68 Å². The fraction of sp³-hybridized carbons (Fsp3) is 0.115. The number of amides is 1. The Morgan fingerprint density at radius 1 is 0.774 bits per heavy atom. The second-order valence-electron chi connectivity index (χ2n) is 7.28. The van der Waals surface area contributed by atoms with E-state index in [0.29, 0.717) is 13.1 Å². The van der Waals surface area contributed by atoms with Crippen LogP contribution < -0.4 is 10.9 Å². The molecule has 0 fully saturated rings. The highest BCUT2D eigenvalue weighted by molar-refractivity contribution is 5.92. The Hall–Kier alpha value is -3.99. The lowest BCUT2D eigenvalue weighted by molar-refractivity contribution is 0.0945. The van der Waals surface area contributed by atoms with Gasteiger partial charge in [0.05, 0.1) is 6.54 Å². The van der Waals surface area contributed by atoms with Crippen LogP contribution in [0.25, 0.3) is 0 Å². The van der Waals surface area contributed by atoms with Crippen LogP contribution in [0.4, 0.5) is 0 Å². The molecule has 0 bridgehead atoms. The molecule has 0 aliphatic heterocycles. The zero-order chi connectivity index (χ0) is 21.5. The molecule has 1 amide bonds. The van der Waals surface area contributed by atoms with Crippen LogP contribution in [0.1, 0.15) is 33.1 Å². The van der Waals surface area contributed by atoms with Crippen LogP contribution in [-0.2, 0) is 6.54 Å². The van der Waals surface area contributed by atoms with Crippen molar-refractivity contribution in [3.8, 4) is 0 Å². The molecule has 0 saturated carbocycles. The first kappa shape index (κ1) is 20.3. The van der Waals surface area contributed by atoms with Gasteiger partial charge in [0.15, 0.2) is 0 Å². The molecule has 0 unspecified atom stereocenters. The molecule has 5 nitrogen and oxygen atoms in total. The van der Waals surface area contributed by atoms with Crippen molar-refractivity contribution in [1.82, 2.24) is 15.1 Å². The maximum absolute atomic E-state index is 12.8. The Balaban J connectivity index is 1.52. The van der Waals surface area contributed by atoms with Crippen molar-refractivity contribution < 1.29 is 4.79 Å². The third-order valence-corrected chi connectivity index (χ3v) is 5.15. The molecule has 0 spiro atoms. The van der Waals surface area contributed by atoms with Gasteiger partial charge in [-0.3, -0.25) is 9.59 Å². The van der Waals surface area contributed by atoms with Gasteiger partial charge in [0.1, 0.15) is 5.69 Å². The lowest BCUT2D eigenvalue weighted by atomic mass is 9.91. The molecule has 4 rings (SSSR count). The molecular weight excluding hydrogens is 386 g/mol. The predicted molar refractivity (Wildman–Crippen MR) is 121 cm³/mol. The number of aromatic nitrogens is 2. The zero-order valence-electron chi connectivity index (χ0n) is 17.0. The fourth-order valence-corrected chi connectivity index (χ4v) is 3.52. The summed E-state index contributed by atoms with van der Waals surface area (Å²) >= 11 is 0. The lowest BCUT2D eigenvalue weighted by Crippen LogP contribution is -2.32. The summed E-state index contributed by atoms with van der Waals surface area (Å²) in [4.78, 5) is 25.0. The van der Waals surface area contributed by atoms with Gasteiger partial charge in [0.2, 0.25) is 0 Å². The highest BCUT2D eigenvalue weighted by Crippen LogP contribution is 2.23. The monoisotopic (exact) mass is 409 g/mol. The Labute approximate surface area is 181 Å². The van der Waals surface area contributed by atoms with Crippen molar-refractivity contribution in [3.63, 3.8) is 0 Å². The summed E-state index contributed by atoms with van der Waals surface area (Å²) in [5.74, 6) is -0.291. The molecule has 0 radical (unpaired) electrons. The number of benzene rings is 3. The molecule has 3 aromatic carbocycles. The summed E-state index contributed by atoms with van der Waals surface area (Å²) in [5.41, 5.74) is 3.16. The van der Waals surface area contributed by atoms with Crippen molar-refractivity contribution >= 4 is 5.91 Å². The van der Waals surface area contributed by atoms with E-state index in [1.165, 1.54) is 16.8 Å². The van der Waals surface area contributed by atoms with Gasteiger partial charge in [-0.05, 0) is 22.8 Å². The normalized spacial score (nSPS) is 10.7. The highest BCUT2D eigenvalue weighted by atomic mass is 16.2. The van der Waals surface area contributed by atoms with Gasteiger partial charge >= 0.3 is 0 Å². The maximum atomic E-state index is 12.8. The van der Waals surface area contributed by atoms with E-state index in [0.717, 1.165) is 16.7 Å². The van der Waals surface area contributed by atoms with E-state index >= 15 is 0 Å².